The summed E-state index contributed by atoms with van der Waals surface area (Å²) in [7, 11) is -3.79. The quantitative estimate of drug-likeness (QED) is 0.544. The van der Waals surface area contributed by atoms with Crippen LogP contribution in [0.15, 0.2) is 52.5 Å². The molecule has 0 heterocycles. The van der Waals surface area contributed by atoms with Crippen molar-refractivity contribution >= 4 is 16.2 Å². The summed E-state index contributed by atoms with van der Waals surface area (Å²) in [5, 5.41) is 13.4. The zero-order chi connectivity index (χ0) is 19.2. The zero-order valence-electron chi connectivity index (χ0n) is 14.8. The minimum Gasteiger partial charge on any atom is -0.504 e. The highest BCUT2D eigenvalue weighted by atomic mass is 32.2. The van der Waals surface area contributed by atoms with E-state index in [0.717, 1.165) is 0 Å². The molecule has 0 spiro atoms. The molecule has 0 amide bonds. The number of hydrogen-bond donors (Lipinski definition) is 2. The van der Waals surface area contributed by atoms with E-state index in [2.05, 4.69) is 9.93 Å². The molecule has 0 bridgehead atoms. The maximum atomic E-state index is 12.2. The van der Waals surface area contributed by atoms with Gasteiger partial charge in [-0.05, 0) is 68.8 Å². The van der Waals surface area contributed by atoms with E-state index in [1.165, 1.54) is 24.4 Å². The number of hydrazone groups is 1. The van der Waals surface area contributed by atoms with Crippen molar-refractivity contribution in [1.29, 1.82) is 0 Å². The second-order valence-electron chi connectivity index (χ2n) is 5.65. The molecule has 0 saturated carbocycles. The average molecular weight is 378 g/mol. The van der Waals surface area contributed by atoms with Crippen LogP contribution in [0.1, 0.15) is 26.3 Å². The smallest absolute Gasteiger partial charge is 0.276 e. The molecule has 7 nitrogen and oxygen atoms in total. The fraction of sp³-hybridized carbons (Fsp3) is 0.278. The van der Waals surface area contributed by atoms with Crippen molar-refractivity contribution in [3.8, 4) is 17.2 Å². The van der Waals surface area contributed by atoms with Crippen LogP contribution < -0.4 is 14.3 Å². The largest absolute Gasteiger partial charge is 0.504 e. The van der Waals surface area contributed by atoms with Gasteiger partial charge >= 0.3 is 0 Å². The van der Waals surface area contributed by atoms with Crippen LogP contribution in [-0.4, -0.2) is 32.4 Å². The molecule has 0 atom stereocenters. The van der Waals surface area contributed by atoms with E-state index in [1.54, 1.807) is 31.2 Å². The highest BCUT2D eigenvalue weighted by Crippen LogP contribution is 2.26. The number of rotatable bonds is 8. The van der Waals surface area contributed by atoms with Crippen LogP contribution in [0.2, 0.25) is 0 Å². The van der Waals surface area contributed by atoms with Gasteiger partial charge in [0.05, 0.1) is 23.8 Å². The van der Waals surface area contributed by atoms with Gasteiger partial charge < -0.3 is 14.6 Å². The second kappa shape index (κ2) is 8.57. The van der Waals surface area contributed by atoms with Gasteiger partial charge in [-0.3, -0.25) is 0 Å². The van der Waals surface area contributed by atoms with E-state index in [9.17, 15) is 13.5 Å². The number of aromatic hydroxyl groups is 1. The Bertz CT molecular complexity index is 862. The molecular weight excluding hydrogens is 356 g/mol. The lowest BCUT2D eigenvalue weighted by atomic mass is 10.2. The molecule has 26 heavy (non-hydrogen) atoms. The Morgan fingerprint density at radius 2 is 1.88 bits per heavy atom. The van der Waals surface area contributed by atoms with Crippen molar-refractivity contribution in [2.75, 3.05) is 6.61 Å². The van der Waals surface area contributed by atoms with E-state index in [0.29, 0.717) is 23.7 Å². The van der Waals surface area contributed by atoms with Crippen molar-refractivity contribution < 1.29 is 23.0 Å². The average Bonchev–Trinajstić information content (AvgIpc) is 2.58. The molecule has 2 aromatic rings. The molecule has 0 aliphatic heterocycles. The summed E-state index contributed by atoms with van der Waals surface area (Å²) in [5.74, 6) is 0.906. The molecule has 2 rings (SSSR count). The maximum Gasteiger partial charge on any atom is 0.276 e. The lowest BCUT2D eigenvalue weighted by Crippen LogP contribution is -2.18. The van der Waals surface area contributed by atoms with Crippen LogP contribution in [-0.2, 0) is 10.0 Å². The van der Waals surface area contributed by atoms with Crippen LogP contribution in [0, 0.1) is 0 Å². The summed E-state index contributed by atoms with van der Waals surface area (Å²) in [4.78, 5) is 2.22. The molecular formula is C18H22N2O5S. The first-order valence-corrected chi connectivity index (χ1v) is 9.57. The molecule has 0 unspecified atom stereocenters. The number of phenols is 1. The molecule has 2 aromatic carbocycles. The number of nitrogens with zero attached hydrogens (tertiary/aromatic N) is 1. The molecule has 0 fully saturated rings. The third kappa shape index (κ3) is 5.38. The maximum absolute atomic E-state index is 12.2. The first-order valence-electron chi connectivity index (χ1n) is 8.09. The highest BCUT2D eigenvalue weighted by molar-refractivity contribution is 7.89. The molecule has 8 heteroatoms. The van der Waals surface area contributed by atoms with Gasteiger partial charge in [0.25, 0.3) is 10.0 Å². The van der Waals surface area contributed by atoms with Gasteiger partial charge in [0, 0.05) is 0 Å². The molecule has 0 aromatic heterocycles. The van der Waals surface area contributed by atoms with Gasteiger partial charge in [-0.2, -0.15) is 13.5 Å². The molecule has 140 valence electrons. The van der Waals surface area contributed by atoms with E-state index in [1.807, 2.05) is 13.8 Å². The van der Waals surface area contributed by atoms with Crippen molar-refractivity contribution in [1.82, 2.24) is 4.83 Å². The normalized spacial score (nSPS) is 11.7. The van der Waals surface area contributed by atoms with Crippen LogP contribution in [0.25, 0.3) is 0 Å². The summed E-state index contributed by atoms with van der Waals surface area (Å²) in [6, 6.07) is 10.7. The van der Waals surface area contributed by atoms with Crippen LogP contribution in [0.3, 0.4) is 0 Å². The Kier molecular flexibility index (Phi) is 6.46. The molecule has 0 radical (unpaired) electrons. The molecule has 0 saturated heterocycles. The van der Waals surface area contributed by atoms with Crippen LogP contribution in [0.5, 0.6) is 17.2 Å². The van der Waals surface area contributed by atoms with Crippen LogP contribution >= 0.6 is 0 Å². The van der Waals surface area contributed by atoms with Crippen LogP contribution in [0.4, 0.5) is 0 Å². The zero-order valence-corrected chi connectivity index (χ0v) is 15.7. The van der Waals surface area contributed by atoms with E-state index in [-0.39, 0.29) is 16.7 Å². The van der Waals surface area contributed by atoms with Gasteiger partial charge in [0.1, 0.15) is 5.75 Å². The predicted octanol–water partition coefficient (Wildman–Crippen LogP) is 2.89. The van der Waals surface area contributed by atoms with Gasteiger partial charge in [-0.1, -0.05) is 0 Å². The molecule has 0 aliphatic rings. The molecule has 0 aliphatic carbocycles. The third-order valence-electron chi connectivity index (χ3n) is 3.18. The summed E-state index contributed by atoms with van der Waals surface area (Å²) < 4.78 is 35.3. The Labute approximate surface area is 153 Å². The monoisotopic (exact) mass is 378 g/mol. The van der Waals surface area contributed by atoms with Gasteiger partial charge in [-0.15, -0.1) is 0 Å². The van der Waals surface area contributed by atoms with Crippen molar-refractivity contribution in [2.45, 2.75) is 31.8 Å². The Morgan fingerprint density at radius 3 is 2.50 bits per heavy atom. The number of sulfonamides is 1. The van der Waals surface area contributed by atoms with E-state index >= 15 is 0 Å². The summed E-state index contributed by atoms with van der Waals surface area (Å²) in [5.41, 5.74) is 0.578. The SMILES string of the molecule is CCOc1cc(/C=N/NS(=O)(=O)c2ccc(OC(C)C)cc2)ccc1O. The lowest BCUT2D eigenvalue weighted by molar-refractivity contribution is 0.242. The van der Waals surface area contributed by atoms with Crippen molar-refractivity contribution in [3.63, 3.8) is 0 Å². The standard InChI is InChI=1S/C18H22N2O5S/c1-4-24-18-11-14(5-10-17(18)21)12-19-20-26(22,23)16-8-6-15(7-9-16)25-13(2)3/h5-13,20-21H,4H2,1-3H3/b19-12+. The third-order valence-corrected chi connectivity index (χ3v) is 4.41. The Balaban J connectivity index is 2.07. The van der Waals surface area contributed by atoms with Gasteiger partial charge in [0.15, 0.2) is 11.5 Å². The summed E-state index contributed by atoms with van der Waals surface area (Å²) >= 11 is 0. The lowest BCUT2D eigenvalue weighted by Gasteiger charge is -2.10. The summed E-state index contributed by atoms with van der Waals surface area (Å²) in [6.07, 6.45) is 1.34. The van der Waals surface area contributed by atoms with Gasteiger partial charge in [0.2, 0.25) is 0 Å². The fourth-order valence-corrected chi connectivity index (χ4v) is 2.87. The summed E-state index contributed by atoms with van der Waals surface area (Å²) in [6.45, 7) is 5.98. The fourth-order valence-electron chi connectivity index (χ4n) is 2.07. The van der Waals surface area contributed by atoms with E-state index in [4.69, 9.17) is 9.47 Å². The Morgan fingerprint density at radius 1 is 1.19 bits per heavy atom. The minimum atomic E-state index is -3.79. The number of ether oxygens (including phenoxy) is 2. The number of benzene rings is 2. The predicted molar refractivity (Wildman–Crippen MR) is 99.4 cm³/mol. The van der Waals surface area contributed by atoms with Gasteiger partial charge in [-0.25, -0.2) is 4.83 Å². The number of hydrogen-bond acceptors (Lipinski definition) is 6. The Hall–Kier alpha value is -2.74. The van der Waals surface area contributed by atoms with Crippen molar-refractivity contribution in [3.05, 3.63) is 48.0 Å². The topological polar surface area (TPSA) is 97.2 Å². The van der Waals surface area contributed by atoms with Crippen molar-refractivity contribution in [2.24, 2.45) is 5.10 Å². The number of nitrogens with one attached hydrogen (secondary N) is 1. The number of phenolic OH excluding ortho intramolecular Hbond substituents is 1. The minimum absolute atomic E-state index is 0.00655. The molecule has 2 N–H and O–H groups in total. The first kappa shape index (κ1) is 19.6. The first-order chi connectivity index (χ1) is 12.3. The van der Waals surface area contributed by atoms with E-state index < -0.39 is 10.0 Å². The highest BCUT2D eigenvalue weighted by Gasteiger charge is 2.13. The second-order valence-corrected chi connectivity index (χ2v) is 7.31.